The summed E-state index contributed by atoms with van der Waals surface area (Å²) in [7, 11) is 0. The number of halogens is 8. The molecule has 164 valence electrons. The van der Waals surface area contributed by atoms with E-state index in [1.54, 1.807) is 0 Å². The average molecular weight is 412 g/mol. The third-order valence-electron chi connectivity index (χ3n) is 7.37. The molecule has 0 aromatic rings. The van der Waals surface area contributed by atoms with Crippen LogP contribution in [0.4, 0.5) is 35.1 Å². The second-order valence-electron chi connectivity index (χ2n) is 9.36. The van der Waals surface area contributed by atoms with Gasteiger partial charge >= 0.3 is 6.18 Å². The molecular weight excluding hydrogens is 380 g/mol. The summed E-state index contributed by atoms with van der Waals surface area (Å²) in [6, 6.07) is 0. The van der Waals surface area contributed by atoms with Gasteiger partial charge in [0.25, 0.3) is 11.6 Å². The minimum Gasteiger partial charge on any atom is -0.226 e. The molecule has 0 nitrogen and oxygen atoms in total. The molecule has 0 heterocycles. The lowest BCUT2D eigenvalue weighted by atomic mass is 9.50. The summed E-state index contributed by atoms with van der Waals surface area (Å²) < 4.78 is 116. The monoisotopic (exact) mass is 412 g/mol. The highest BCUT2D eigenvalue weighted by Crippen LogP contribution is 2.69. The van der Waals surface area contributed by atoms with Crippen molar-refractivity contribution in [3.8, 4) is 0 Å². The summed E-state index contributed by atoms with van der Waals surface area (Å²) >= 11 is 0. The molecule has 0 radical (unpaired) electrons. The lowest BCUT2D eigenvalue weighted by Gasteiger charge is -2.59. The van der Waals surface area contributed by atoms with Gasteiger partial charge in [-0.3, -0.25) is 0 Å². The van der Waals surface area contributed by atoms with E-state index in [-0.39, 0.29) is 0 Å². The van der Waals surface area contributed by atoms with Crippen LogP contribution in [-0.4, -0.2) is 24.2 Å². The predicted molar refractivity (Wildman–Crippen MR) is 90.9 cm³/mol. The van der Waals surface area contributed by atoms with Crippen molar-refractivity contribution in [1.29, 1.82) is 0 Å². The lowest BCUT2D eigenvalue weighted by Crippen LogP contribution is -2.73. The van der Waals surface area contributed by atoms with Crippen molar-refractivity contribution in [2.45, 2.75) is 99.3 Å². The highest BCUT2D eigenvalue weighted by molar-refractivity contribution is 5.19. The van der Waals surface area contributed by atoms with Crippen LogP contribution in [-0.2, 0) is 0 Å². The zero-order valence-electron chi connectivity index (χ0n) is 17.5. The first-order valence-electron chi connectivity index (χ1n) is 8.98. The molecule has 8 heteroatoms. The maximum atomic E-state index is 15.9. The Balaban J connectivity index is 7.17. The fraction of sp³-hybridized carbons (Fsp3) is 1.00. The fourth-order valence-electron chi connectivity index (χ4n) is 3.79. The predicted octanol–water partition coefficient (Wildman–Crippen LogP) is 8.06. The molecule has 2 unspecified atom stereocenters. The van der Waals surface area contributed by atoms with Crippen molar-refractivity contribution in [3.63, 3.8) is 0 Å². The van der Waals surface area contributed by atoms with Gasteiger partial charge in [-0.1, -0.05) is 62.3 Å². The molecule has 0 aromatic carbocycles. The summed E-state index contributed by atoms with van der Waals surface area (Å²) in [5, 5.41) is 0. The second-order valence-corrected chi connectivity index (χ2v) is 9.36. The summed E-state index contributed by atoms with van der Waals surface area (Å²) in [6.07, 6.45) is -10.4. The normalized spacial score (nSPS) is 21.6. The van der Waals surface area contributed by atoms with Crippen LogP contribution >= 0.6 is 0 Å². The van der Waals surface area contributed by atoms with Crippen LogP contribution in [0, 0.1) is 21.7 Å². The molecule has 0 N–H and O–H groups in total. The van der Waals surface area contributed by atoms with Crippen LogP contribution in [0.2, 0.25) is 0 Å². The third kappa shape index (κ3) is 3.26. The van der Waals surface area contributed by atoms with E-state index < -0.39 is 58.7 Å². The van der Waals surface area contributed by atoms with Crippen molar-refractivity contribution in [2.75, 3.05) is 0 Å². The minimum absolute atomic E-state index is 0.542. The van der Waals surface area contributed by atoms with Gasteiger partial charge in [0.2, 0.25) is 6.43 Å². The van der Waals surface area contributed by atoms with Crippen LogP contribution in [0.15, 0.2) is 0 Å². The average Bonchev–Trinajstić information content (AvgIpc) is 2.48. The number of hydrogen-bond donors (Lipinski definition) is 0. The number of hydrogen-bond acceptors (Lipinski definition) is 0. The fourth-order valence-corrected chi connectivity index (χ4v) is 3.79. The van der Waals surface area contributed by atoms with Crippen LogP contribution in [0.25, 0.3) is 0 Å². The molecule has 0 fully saturated rings. The zero-order chi connectivity index (χ0) is 22.5. The maximum absolute atomic E-state index is 15.9. The van der Waals surface area contributed by atoms with Crippen molar-refractivity contribution >= 4 is 0 Å². The summed E-state index contributed by atoms with van der Waals surface area (Å²) in [4.78, 5) is 0. The van der Waals surface area contributed by atoms with Crippen molar-refractivity contribution in [3.05, 3.63) is 0 Å². The van der Waals surface area contributed by atoms with Crippen LogP contribution in [0.1, 0.15) is 75.2 Å². The van der Waals surface area contributed by atoms with Crippen LogP contribution in [0.5, 0.6) is 0 Å². The first-order chi connectivity index (χ1) is 11.6. The number of alkyl halides is 8. The van der Waals surface area contributed by atoms with Crippen LogP contribution < -0.4 is 0 Å². The Morgan fingerprint density at radius 2 is 1.04 bits per heavy atom. The van der Waals surface area contributed by atoms with E-state index >= 15 is 13.2 Å². The molecule has 0 saturated heterocycles. The molecule has 3 atom stereocenters. The third-order valence-corrected chi connectivity index (χ3v) is 7.37. The van der Waals surface area contributed by atoms with Gasteiger partial charge in [-0.25, -0.2) is 22.0 Å². The Hall–Kier alpha value is -0.560. The SMILES string of the molecule is CCC(C)(C(F)F)C(C)(C)C(F)(F)[C@@](F)(C(F)(F)F)C(C)(CC)C(C)(C)C. The van der Waals surface area contributed by atoms with Gasteiger partial charge in [0.05, 0.1) is 0 Å². The van der Waals surface area contributed by atoms with Crippen molar-refractivity contribution < 1.29 is 35.1 Å². The van der Waals surface area contributed by atoms with Crippen molar-refractivity contribution in [1.82, 2.24) is 0 Å². The lowest BCUT2D eigenvalue weighted by molar-refractivity contribution is -0.388. The first kappa shape index (κ1) is 26.4. The molecule has 0 aliphatic carbocycles. The highest BCUT2D eigenvalue weighted by Gasteiger charge is 2.84. The molecule has 0 spiro atoms. The molecule has 0 bridgehead atoms. The van der Waals surface area contributed by atoms with Gasteiger partial charge in [-0.2, -0.15) is 13.2 Å². The summed E-state index contributed by atoms with van der Waals surface area (Å²) in [5.74, 6) is -5.13. The molecule has 0 rings (SSSR count). The van der Waals surface area contributed by atoms with Gasteiger partial charge < -0.3 is 0 Å². The minimum atomic E-state index is -5.97. The Bertz CT molecular complexity index is 517. The molecular formula is C19H32F8. The maximum Gasteiger partial charge on any atom is 0.429 e. The Morgan fingerprint density at radius 1 is 0.667 bits per heavy atom. The Labute approximate surface area is 157 Å². The van der Waals surface area contributed by atoms with Gasteiger partial charge in [-0.05, 0) is 18.3 Å². The van der Waals surface area contributed by atoms with E-state index in [2.05, 4.69) is 0 Å². The summed E-state index contributed by atoms with van der Waals surface area (Å²) in [5.41, 5.74) is -14.6. The summed E-state index contributed by atoms with van der Waals surface area (Å²) in [6.45, 7) is 8.89. The van der Waals surface area contributed by atoms with Crippen molar-refractivity contribution in [2.24, 2.45) is 21.7 Å². The van der Waals surface area contributed by atoms with E-state index in [1.807, 2.05) is 0 Å². The van der Waals surface area contributed by atoms with E-state index in [1.165, 1.54) is 34.6 Å². The van der Waals surface area contributed by atoms with E-state index in [0.717, 1.165) is 13.8 Å². The number of rotatable bonds is 7. The first-order valence-corrected chi connectivity index (χ1v) is 8.98. The van der Waals surface area contributed by atoms with Gasteiger partial charge in [-0.15, -0.1) is 0 Å². The quantitative estimate of drug-likeness (QED) is 0.371. The molecule has 27 heavy (non-hydrogen) atoms. The second kappa shape index (κ2) is 7.05. The molecule has 0 aliphatic rings. The molecule has 0 saturated carbocycles. The molecule has 0 amide bonds. The highest BCUT2D eigenvalue weighted by atomic mass is 19.4. The molecule has 0 aromatic heterocycles. The topological polar surface area (TPSA) is 0 Å². The standard InChI is InChI=1S/C19H32F8/c1-10-15(8,12(20)21)14(6,7)18(23,24)17(22,19(25,26)27)16(9,11-2)13(3,4)5/h12H,10-11H2,1-9H3/t15?,16?,17-/m1/s1. The van der Waals surface area contributed by atoms with Gasteiger partial charge in [0, 0.05) is 16.2 Å². The van der Waals surface area contributed by atoms with E-state index in [9.17, 15) is 22.0 Å². The van der Waals surface area contributed by atoms with E-state index in [0.29, 0.717) is 13.8 Å². The van der Waals surface area contributed by atoms with Crippen LogP contribution in [0.3, 0.4) is 0 Å². The Morgan fingerprint density at radius 3 is 1.22 bits per heavy atom. The Kier molecular flexibility index (Phi) is 6.90. The zero-order valence-corrected chi connectivity index (χ0v) is 17.5. The smallest absolute Gasteiger partial charge is 0.226 e. The van der Waals surface area contributed by atoms with Gasteiger partial charge in [0.15, 0.2) is 0 Å². The molecule has 0 aliphatic heterocycles. The largest absolute Gasteiger partial charge is 0.429 e. The van der Waals surface area contributed by atoms with E-state index in [4.69, 9.17) is 0 Å². The van der Waals surface area contributed by atoms with Gasteiger partial charge in [0.1, 0.15) is 0 Å².